The number of aryl methyl sites for hydroxylation is 2. The summed E-state index contributed by atoms with van der Waals surface area (Å²) in [4.78, 5) is 16.0. The summed E-state index contributed by atoms with van der Waals surface area (Å²) in [6.45, 7) is 7.44. The molecule has 2 aromatic heterocycles. The molecule has 0 spiro atoms. The molecule has 106 valence electrons. The molecule has 1 atom stereocenters. The first-order valence-corrected chi connectivity index (χ1v) is 7.81. The highest BCUT2D eigenvalue weighted by atomic mass is 32.1. The minimum Gasteiger partial charge on any atom is -0.336 e. The van der Waals surface area contributed by atoms with Crippen LogP contribution in [0.5, 0.6) is 0 Å². The Balaban J connectivity index is 1.78. The minimum atomic E-state index is -0.233. The summed E-state index contributed by atoms with van der Waals surface area (Å²) in [6, 6.07) is 3.91. The van der Waals surface area contributed by atoms with Crippen LogP contribution in [0.4, 0.5) is 0 Å². The number of aromatic nitrogens is 2. The Labute approximate surface area is 123 Å². The van der Waals surface area contributed by atoms with Crippen molar-refractivity contribution in [1.82, 2.24) is 14.7 Å². The van der Waals surface area contributed by atoms with E-state index in [2.05, 4.69) is 16.5 Å². The van der Waals surface area contributed by atoms with Gasteiger partial charge in [-0.2, -0.15) is 5.10 Å². The smallest absolute Gasteiger partial charge is 0.247 e. The van der Waals surface area contributed by atoms with Crippen LogP contribution in [-0.2, 0) is 17.8 Å². The molecule has 0 saturated carbocycles. The first kappa shape index (κ1) is 13.4. The van der Waals surface area contributed by atoms with E-state index in [0.29, 0.717) is 0 Å². The molecule has 0 radical (unpaired) electrons. The van der Waals surface area contributed by atoms with Crippen molar-refractivity contribution in [3.8, 4) is 0 Å². The molecule has 1 aliphatic rings. The van der Waals surface area contributed by atoms with Gasteiger partial charge in [-0.1, -0.05) is 0 Å². The molecule has 2 aromatic rings. The van der Waals surface area contributed by atoms with Crippen LogP contribution in [0.25, 0.3) is 0 Å². The Kier molecular flexibility index (Phi) is 3.38. The molecular weight excluding hydrogens is 270 g/mol. The maximum Gasteiger partial charge on any atom is 0.247 e. The normalized spacial score (nSPS) is 16.1. The summed E-state index contributed by atoms with van der Waals surface area (Å²) in [6.07, 6.45) is 0.975. The van der Waals surface area contributed by atoms with E-state index in [-0.39, 0.29) is 11.9 Å². The summed E-state index contributed by atoms with van der Waals surface area (Å²) in [5, 5.41) is 6.55. The molecule has 20 heavy (non-hydrogen) atoms. The maximum absolute atomic E-state index is 12.7. The highest BCUT2D eigenvalue weighted by molar-refractivity contribution is 7.10. The molecule has 0 aliphatic carbocycles. The van der Waals surface area contributed by atoms with Gasteiger partial charge in [0.15, 0.2) is 0 Å². The zero-order valence-corrected chi connectivity index (χ0v) is 12.9. The van der Waals surface area contributed by atoms with Gasteiger partial charge >= 0.3 is 0 Å². The van der Waals surface area contributed by atoms with Crippen LogP contribution >= 0.6 is 11.3 Å². The van der Waals surface area contributed by atoms with Gasteiger partial charge in [0, 0.05) is 23.7 Å². The van der Waals surface area contributed by atoms with Gasteiger partial charge in [0.1, 0.15) is 6.04 Å². The van der Waals surface area contributed by atoms with Crippen LogP contribution in [0, 0.1) is 13.8 Å². The van der Waals surface area contributed by atoms with E-state index >= 15 is 0 Å². The molecule has 0 fully saturated rings. The number of nitrogens with zero attached hydrogens (tertiary/aromatic N) is 3. The molecule has 5 heteroatoms. The molecule has 3 heterocycles. The van der Waals surface area contributed by atoms with Gasteiger partial charge in [0.05, 0.1) is 5.69 Å². The van der Waals surface area contributed by atoms with E-state index in [9.17, 15) is 4.79 Å². The molecule has 1 amide bonds. The number of amides is 1. The van der Waals surface area contributed by atoms with Crippen molar-refractivity contribution < 1.29 is 4.79 Å². The number of thiophene rings is 1. The average Bonchev–Trinajstić information content (AvgIpc) is 3.02. The Hall–Kier alpha value is -1.62. The predicted octanol–water partition coefficient (Wildman–Crippen LogP) is 2.71. The van der Waals surface area contributed by atoms with Gasteiger partial charge in [0.2, 0.25) is 5.91 Å². The molecule has 3 rings (SSSR count). The second kappa shape index (κ2) is 5.05. The summed E-state index contributed by atoms with van der Waals surface area (Å²) < 4.78 is 1.83. The van der Waals surface area contributed by atoms with Gasteiger partial charge in [-0.15, -0.1) is 11.3 Å². The van der Waals surface area contributed by atoms with E-state index in [1.54, 1.807) is 11.3 Å². The standard InChI is InChI=1S/C15H19N3OS/c1-10-8-11(2)18(16-10)12(3)15(19)17-6-4-14-13(9-17)5-7-20-14/h5,7-8,12H,4,6,9H2,1-3H3/t12-/m0/s1. The van der Waals surface area contributed by atoms with Crippen LogP contribution in [0.3, 0.4) is 0 Å². The summed E-state index contributed by atoms with van der Waals surface area (Å²) in [5.41, 5.74) is 3.30. The molecule has 0 saturated heterocycles. The predicted molar refractivity (Wildman–Crippen MR) is 79.9 cm³/mol. The maximum atomic E-state index is 12.7. The lowest BCUT2D eigenvalue weighted by molar-refractivity contribution is -0.135. The van der Waals surface area contributed by atoms with Crippen LogP contribution in [0.1, 0.15) is 34.8 Å². The van der Waals surface area contributed by atoms with Gasteiger partial charge in [-0.3, -0.25) is 9.48 Å². The number of carbonyl (C=O) groups excluding carboxylic acids is 1. The van der Waals surface area contributed by atoms with E-state index in [4.69, 9.17) is 0 Å². The fraction of sp³-hybridized carbons (Fsp3) is 0.467. The second-order valence-corrected chi connectivity index (χ2v) is 6.43. The van der Waals surface area contributed by atoms with Crippen LogP contribution in [-0.4, -0.2) is 27.1 Å². The minimum absolute atomic E-state index is 0.160. The Morgan fingerprint density at radius 2 is 2.25 bits per heavy atom. The van der Waals surface area contributed by atoms with Crippen molar-refractivity contribution in [2.75, 3.05) is 6.54 Å². The Morgan fingerprint density at radius 1 is 1.45 bits per heavy atom. The highest BCUT2D eigenvalue weighted by Crippen LogP contribution is 2.25. The average molecular weight is 289 g/mol. The third-order valence-corrected chi connectivity index (χ3v) is 4.91. The summed E-state index contributed by atoms with van der Waals surface area (Å²) in [7, 11) is 0. The van der Waals surface area contributed by atoms with Gasteiger partial charge in [-0.25, -0.2) is 0 Å². The zero-order chi connectivity index (χ0) is 14.3. The molecule has 4 nitrogen and oxygen atoms in total. The largest absolute Gasteiger partial charge is 0.336 e. The quantitative estimate of drug-likeness (QED) is 0.852. The van der Waals surface area contributed by atoms with Crippen LogP contribution in [0.2, 0.25) is 0 Å². The van der Waals surface area contributed by atoms with Gasteiger partial charge < -0.3 is 4.90 Å². The lowest BCUT2D eigenvalue weighted by Crippen LogP contribution is -2.39. The first-order chi connectivity index (χ1) is 9.56. The fourth-order valence-corrected chi connectivity index (χ4v) is 3.73. The third kappa shape index (κ3) is 2.26. The lowest BCUT2D eigenvalue weighted by atomic mass is 10.1. The van der Waals surface area contributed by atoms with Crippen molar-refractivity contribution >= 4 is 17.2 Å². The van der Waals surface area contributed by atoms with Crippen LogP contribution < -0.4 is 0 Å². The molecular formula is C15H19N3OS. The molecule has 0 unspecified atom stereocenters. The fourth-order valence-electron chi connectivity index (χ4n) is 2.84. The van der Waals surface area contributed by atoms with Crippen molar-refractivity contribution in [2.24, 2.45) is 0 Å². The van der Waals surface area contributed by atoms with Gasteiger partial charge in [-0.05, 0) is 50.3 Å². The highest BCUT2D eigenvalue weighted by Gasteiger charge is 2.27. The Bertz CT molecular complexity index is 643. The topological polar surface area (TPSA) is 38.1 Å². The van der Waals surface area contributed by atoms with Gasteiger partial charge in [0.25, 0.3) is 0 Å². The number of carbonyl (C=O) groups is 1. The molecule has 0 bridgehead atoms. The van der Waals surface area contributed by atoms with E-state index in [1.807, 2.05) is 36.4 Å². The third-order valence-electron chi connectivity index (χ3n) is 3.89. The molecule has 1 aliphatic heterocycles. The van der Waals surface area contributed by atoms with E-state index in [0.717, 1.165) is 30.9 Å². The number of fused-ring (bicyclic) bond motifs is 1. The number of hydrogen-bond acceptors (Lipinski definition) is 3. The number of rotatable bonds is 2. The SMILES string of the molecule is Cc1cc(C)n([C@@H](C)C(=O)N2CCc3sccc3C2)n1. The second-order valence-electron chi connectivity index (χ2n) is 5.43. The van der Waals surface area contributed by atoms with Crippen molar-refractivity contribution in [3.63, 3.8) is 0 Å². The summed E-state index contributed by atoms with van der Waals surface area (Å²) in [5.74, 6) is 0.160. The Morgan fingerprint density at radius 3 is 2.95 bits per heavy atom. The van der Waals surface area contributed by atoms with E-state index < -0.39 is 0 Å². The van der Waals surface area contributed by atoms with Crippen LogP contribution in [0.15, 0.2) is 17.5 Å². The monoisotopic (exact) mass is 289 g/mol. The lowest BCUT2D eigenvalue weighted by Gasteiger charge is -2.29. The zero-order valence-electron chi connectivity index (χ0n) is 12.1. The van der Waals surface area contributed by atoms with Crippen molar-refractivity contribution in [3.05, 3.63) is 39.3 Å². The van der Waals surface area contributed by atoms with Crippen molar-refractivity contribution in [1.29, 1.82) is 0 Å². The summed E-state index contributed by atoms with van der Waals surface area (Å²) >= 11 is 1.79. The van der Waals surface area contributed by atoms with Crippen molar-refractivity contribution in [2.45, 2.75) is 39.8 Å². The van der Waals surface area contributed by atoms with E-state index in [1.165, 1.54) is 10.4 Å². The number of hydrogen-bond donors (Lipinski definition) is 0. The first-order valence-electron chi connectivity index (χ1n) is 6.93. The molecule has 0 N–H and O–H groups in total. The molecule has 0 aromatic carbocycles.